The van der Waals surface area contributed by atoms with Gasteiger partial charge in [0.05, 0.1) is 19.0 Å². The van der Waals surface area contributed by atoms with Crippen LogP contribution in [-0.4, -0.2) is 15.7 Å². The van der Waals surface area contributed by atoms with Gasteiger partial charge in [-0.15, -0.1) is 11.3 Å². The molecule has 0 amide bonds. The molecule has 0 spiro atoms. The summed E-state index contributed by atoms with van der Waals surface area (Å²) in [4.78, 5) is 40.1. The van der Waals surface area contributed by atoms with Crippen molar-refractivity contribution < 1.29 is 9.72 Å². The first-order valence-corrected chi connectivity index (χ1v) is 12.0. The van der Waals surface area contributed by atoms with Gasteiger partial charge in [-0.25, -0.2) is 0 Å². The van der Waals surface area contributed by atoms with Crippen LogP contribution < -0.4 is 14.8 Å². The molecular weight excluding hydrogens is 492 g/mol. The van der Waals surface area contributed by atoms with Crippen molar-refractivity contribution in [3.05, 3.63) is 118 Å². The lowest BCUT2D eigenvalue weighted by Gasteiger charge is -2.04. The minimum absolute atomic E-state index is 0.0444. The van der Waals surface area contributed by atoms with Gasteiger partial charge in [0, 0.05) is 27.6 Å². The molecule has 9 heteroatoms. The van der Waals surface area contributed by atoms with Gasteiger partial charge in [-0.3, -0.25) is 19.7 Å². The molecule has 0 radical (unpaired) electrons. The number of nitro benzene ring substituents is 1. The highest BCUT2D eigenvalue weighted by Crippen LogP contribution is 2.35. The highest BCUT2D eigenvalue weighted by molar-refractivity contribution is 7.99. The Kier molecular flexibility index (Phi) is 7.12. The van der Waals surface area contributed by atoms with E-state index in [9.17, 15) is 19.7 Å². The molecule has 34 heavy (non-hydrogen) atoms. The Morgan fingerprint density at radius 2 is 1.79 bits per heavy atom. The fraction of sp³-hybridized carbons (Fsp3) is 0.0400. The molecule has 0 atom stereocenters. The fourth-order valence-corrected chi connectivity index (χ4v) is 4.99. The molecular formula is C25H17ClN2O4S2. The number of halogens is 1. The Morgan fingerprint density at radius 1 is 1.09 bits per heavy atom. The number of H-pyrrole nitrogens is 1. The second kappa shape index (κ2) is 10.2. The normalized spacial score (nSPS) is 12.2. The third kappa shape index (κ3) is 5.72. The highest BCUT2D eigenvalue weighted by atomic mass is 35.5. The average Bonchev–Trinajstić information content (AvgIpc) is 3.14. The molecule has 0 aliphatic rings. The molecule has 1 aromatic heterocycles. The smallest absolute Gasteiger partial charge is 0.283 e. The number of aryl methyl sites for hydroxylation is 1. The van der Waals surface area contributed by atoms with Crippen molar-refractivity contribution >= 4 is 58.3 Å². The van der Waals surface area contributed by atoms with E-state index in [2.05, 4.69) is 4.98 Å². The maximum absolute atomic E-state index is 12.4. The molecule has 3 aromatic carbocycles. The SMILES string of the molecule is Cc1ccc(Sc2ccc(/C=c3/s/c(=C\C(=O)c4ccc(Cl)cc4)[nH]c3=O)cc2[N+](=O)[O-])cc1. The Labute approximate surface area is 207 Å². The Bertz CT molecular complexity index is 1560. The quantitative estimate of drug-likeness (QED) is 0.226. The summed E-state index contributed by atoms with van der Waals surface area (Å²) in [6.45, 7) is 1.98. The van der Waals surface area contributed by atoms with Crippen LogP contribution in [0.5, 0.6) is 0 Å². The molecule has 0 bridgehead atoms. The fourth-order valence-electron chi connectivity index (χ4n) is 3.08. The van der Waals surface area contributed by atoms with Crippen molar-refractivity contribution in [1.29, 1.82) is 0 Å². The predicted molar refractivity (Wildman–Crippen MR) is 136 cm³/mol. The number of carbonyl (C=O) groups is 1. The highest BCUT2D eigenvalue weighted by Gasteiger charge is 2.15. The summed E-state index contributed by atoms with van der Waals surface area (Å²) in [5, 5.41) is 12.2. The summed E-state index contributed by atoms with van der Waals surface area (Å²) in [5.74, 6) is -0.270. The number of nitrogens with zero attached hydrogens (tertiary/aromatic N) is 1. The van der Waals surface area contributed by atoms with Crippen molar-refractivity contribution in [3.63, 3.8) is 0 Å². The van der Waals surface area contributed by atoms with Crippen molar-refractivity contribution in [1.82, 2.24) is 4.98 Å². The summed E-state index contributed by atoms with van der Waals surface area (Å²) in [6.07, 6.45) is 2.91. The zero-order valence-corrected chi connectivity index (χ0v) is 20.2. The van der Waals surface area contributed by atoms with Gasteiger partial charge in [-0.1, -0.05) is 47.1 Å². The lowest BCUT2D eigenvalue weighted by molar-refractivity contribution is -0.387. The number of benzene rings is 3. The molecule has 1 heterocycles. The minimum Gasteiger partial charge on any atom is -0.313 e. The van der Waals surface area contributed by atoms with Crippen LogP contribution in [0.2, 0.25) is 5.02 Å². The number of nitrogens with one attached hydrogen (secondary N) is 1. The number of hydrogen-bond acceptors (Lipinski definition) is 6. The first kappa shape index (κ1) is 23.7. The predicted octanol–water partition coefficient (Wildman–Crippen LogP) is 4.95. The second-order valence-electron chi connectivity index (χ2n) is 7.34. The Hall–Kier alpha value is -3.46. The number of hydrogen-bond donors (Lipinski definition) is 1. The standard InChI is InChI=1S/C25H17ClN2O4S2/c1-15-2-9-19(10-3-15)33-22-11-4-16(12-20(22)28(31)32)13-23-25(30)27-24(34-23)14-21(29)17-5-7-18(26)8-6-17/h2-14H,1H3,(H,27,30)/b23-13+,24-14-. The monoisotopic (exact) mass is 508 g/mol. The van der Waals surface area contributed by atoms with E-state index in [0.29, 0.717) is 30.2 Å². The number of aromatic nitrogens is 1. The number of thiazole rings is 1. The summed E-state index contributed by atoms with van der Waals surface area (Å²) < 4.78 is 0.723. The van der Waals surface area contributed by atoms with E-state index < -0.39 is 4.92 Å². The first-order valence-electron chi connectivity index (χ1n) is 10.0. The second-order valence-corrected chi connectivity index (χ2v) is 9.98. The van der Waals surface area contributed by atoms with Crippen LogP contribution in [0.15, 0.2) is 81.3 Å². The van der Waals surface area contributed by atoms with Gasteiger partial charge in [0.15, 0.2) is 5.78 Å². The van der Waals surface area contributed by atoms with Crippen LogP contribution in [0.3, 0.4) is 0 Å². The minimum atomic E-state index is -0.434. The third-order valence-electron chi connectivity index (χ3n) is 4.80. The zero-order chi connectivity index (χ0) is 24.2. The third-order valence-corrected chi connectivity index (χ3v) is 7.09. The average molecular weight is 509 g/mol. The van der Waals surface area contributed by atoms with Gasteiger partial charge in [0.2, 0.25) is 0 Å². The van der Waals surface area contributed by atoms with Crippen molar-refractivity contribution in [2.24, 2.45) is 0 Å². The number of carbonyl (C=O) groups excluding carboxylic acids is 1. The summed E-state index contributed by atoms with van der Waals surface area (Å²) in [7, 11) is 0. The van der Waals surface area contributed by atoms with E-state index >= 15 is 0 Å². The van der Waals surface area contributed by atoms with Gasteiger partial charge in [0.1, 0.15) is 0 Å². The Balaban J connectivity index is 1.65. The van der Waals surface area contributed by atoms with E-state index in [1.165, 1.54) is 23.9 Å². The van der Waals surface area contributed by atoms with Gasteiger partial charge in [-0.05, 0) is 61.0 Å². The lowest BCUT2D eigenvalue weighted by atomic mass is 10.1. The molecule has 0 fully saturated rings. The van der Waals surface area contributed by atoms with E-state index in [0.717, 1.165) is 21.8 Å². The van der Waals surface area contributed by atoms with Gasteiger partial charge >= 0.3 is 0 Å². The topological polar surface area (TPSA) is 93.1 Å². The number of rotatable bonds is 6. The largest absolute Gasteiger partial charge is 0.313 e. The molecule has 0 aliphatic carbocycles. The van der Waals surface area contributed by atoms with Gasteiger partial charge in [-0.2, -0.15) is 0 Å². The van der Waals surface area contributed by atoms with Gasteiger partial charge < -0.3 is 4.98 Å². The van der Waals surface area contributed by atoms with Crippen molar-refractivity contribution in [2.75, 3.05) is 0 Å². The van der Waals surface area contributed by atoms with Crippen LogP contribution in [0.1, 0.15) is 21.5 Å². The number of ketones is 1. The van der Waals surface area contributed by atoms with Crippen molar-refractivity contribution in [2.45, 2.75) is 16.7 Å². The maximum atomic E-state index is 12.4. The van der Waals surface area contributed by atoms with Gasteiger partial charge in [0.25, 0.3) is 11.2 Å². The van der Waals surface area contributed by atoms with E-state index in [1.54, 1.807) is 42.5 Å². The van der Waals surface area contributed by atoms with E-state index in [1.807, 2.05) is 31.2 Å². The van der Waals surface area contributed by atoms with Crippen LogP contribution in [0.4, 0.5) is 5.69 Å². The molecule has 0 saturated heterocycles. The zero-order valence-electron chi connectivity index (χ0n) is 17.8. The Morgan fingerprint density at radius 3 is 2.47 bits per heavy atom. The number of Topliss-reactive ketones (excluding diaryl/α,β-unsaturated/α-hetero) is 1. The molecule has 170 valence electrons. The molecule has 6 nitrogen and oxygen atoms in total. The molecule has 4 aromatic rings. The molecule has 4 rings (SSSR count). The number of nitro groups is 1. The lowest BCUT2D eigenvalue weighted by Crippen LogP contribution is -2.20. The van der Waals surface area contributed by atoms with Crippen LogP contribution in [0, 0.1) is 17.0 Å². The molecule has 0 saturated carbocycles. The van der Waals surface area contributed by atoms with Crippen LogP contribution in [0.25, 0.3) is 12.2 Å². The summed E-state index contributed by atoms with van der Waals surface area (Å²) >= 11 is 8.26. The van der Waals surface area contributed by atoms with Crippen LogP contribution in [-0.2, 0) is 0 Å². The first-order chi connectivity index (χ1) is 16.3. The molecule has 1 N–H and O–H groups in total. The van der Waals surface area contributed by atoms with Crippen molar-refractivity contribution in [3.8, 4) is 0 Å². The molecule has 0 aliphatic heterocycles. The van der Waals surface area contributed by atoms with E-state index in [4.69, 9.17) is 11.6 Å². The van der Waals surface area contributed by atoms with E-state index in [-0.39, 0.29) is 17.0 Å². The molecule has 0 unspecified atom stereocenters. The summed E-state index contributed by atoms with van der Waals surface area (Å²) in [5.41, 5.74) is 1.65. The number of aromatic amines is 1. The maximum Gasteiger partial charge on any atom is 0.283 e. The summed E-state index contributed by atoms with van der Waals surface area (Å²) in [6, 6.07) is 19.0. The van der Waals surface area contributed by atoms with Crippen LogP contribution >= 0.6 is 34.7 Å².